The van der Waals surface area contributed by atoms with Crippen LogP contribution in [0.5, 0.6) is 11.5 Å². The number of ether oxygens (including phenoxy) is 1. The third-order valence-corrected chi connectivity index (χ3v) is 3.60. The Morgan fingerprint density at radius 1 is 0.889 bits per heavy atom. The van der Waals surface area contributed by atoms with Crippen LogP contribution in [0.2, 0.25) is 0 Å². The van der Waals surface area contributed by atoms with Crippen LogP contribution in [0.25, 0.3) is 0 Å². The first kappa shape index (κ1) is 13.2. The minimum absolute atomic E-state index is 0.873. The van der Waals surface area contributed by atoms with E-state index in [0.717, 1.165) is 28.0 Å². The largest absolute Gasteiger partial charge is 0.457 e. The van der Waals surface area contributed by atoms with Crippen molar-refractivity contribution in [3.05, 3.63) is 58.7 Å². The lowest BCUT2D eigenvalue weighted by atomic mass is 10.1. The Morgan fingerprint density at radius 2 is 1.67 bits per heavy atom. The van der Waals surface area contributed by atoms with E-state index < -0.39 is 0 Å². The summed E-state index contributed by atoms with van der Waals surface area (Å²) in [5, 5.41) is 0.873. The standard InChI is InChI=1S/C16H17BrO/c1-11-4-5-12(2)16(8-11)18-15-7-6-14(10-17)9-13(15)3/h4-9H,10H2,1-3H3. The van der Waals surface area contributed by atoms with Gasteiger partial charge in [0.2, 0.25) is 0 Å². The predicted octanol–water partition coefficient (Wildman–Crippen LogP) is 5.30. The van der Waals surface area contributed by atoms with Crippen molar-refractivity contribution in [2.24, 2.45) is 0 Å². The van der Waals surface area contributed by atoms with Crippen molar-refractivity contribution in [1.82, 2.24) is 0 Å². The van der Waals surface area contributed by atoms with Crippen LogP contribution in [0, 0.1) is 20.8 Å². The molecule has 0 aliphatic rings. The van der Waals surface area contributed by atoms with Gasteiger partial charge in [0.1, 0.15) is 11.5 Å². The quantitative estimate of drug-likeness (QED) is 0.699. The molecule has 0 N–H and O–H groups in total. The maximum atomic E-state index is 6.00. The van der Waals surface area contributed by atoms with Crippen molar-refractivity contribution in [2.45, 2.75) is 26.1 Å². The highest BCUT2D eigenvalue weighted by Crippen LogP contribution is 2.29. The lowest BCUT2D eigenvalue weighted by Gasteiger charge is -2.12. The van der Waals surface area contributed by atoms with Crippen LogP contribution in [0.4, 0.5) is 0 Å². The first-order valence-corrected chi connectivity index (χ1v) is 7.13. The summed E-state index contributed by atoms with van der Waals surface area (Å²) in [6, 6.07) is 12.5. The van der Waals surface area contributed by atoms with E-state index in [1.807, 2.05) is 6.07 Å². The molecule has 2 rings (SSSR count). The Labute approximate surface area is 117 Å². The fourth-order valence-corrected chi connectivity index (χ4v) is 2.19. The van der Waals surface area contributed by atoms with Crippen LogP contribution in [0.1, 0.15) is 22.3 Å². The van der Waals surface area contributed by atoms with E-state index >= 15 is 0 Å². The number of rotatable bonds is 3. The second kappa shape index (κ2) is 5.57. The summed E-state index contributed by atoms with van der Waals surface area (Å²) in [7, 11) is 0. The highest BCUT2D eigenvalue weighted by molar-refractivity contribution is 9.08. The Balaban J connectivity index is 2.31. The van der Waals surface area contributed by atoms with Gasteiger partial charge in [-0.2, -0.15) is 0 Å². The molecule has 2 aromatic rings. The highest BCUT2D eigenvalue weighted by atomic mass is 79.9. The normalized spacial score (nSPS) is 10.4. The molecule has 0 spiro atoms. The van der Waals surface area contributed by atoms with Gasteiger partial charge < -0.3 is 4.74 Å². The number of aryl methyl sites for hydroxylation is 3. The average molecular weight is 305 g/mol. The van der Waals surface area contributed by atoms with Gasteiger partial charge in [-0.25, -0.2) is 0 Å². The van der Waals surface area contributed by atoms with Gasteiger partial charge in [-0.1, -0.05) is 40.2 Å². The third kappa shape index (κ3) is 2.94. The average Bonchev–Trinajstić information content (AvgIpc) is 2.36. The molecule has 0 aliphatic heterocycles. The zero-order valence-corrected chi connectivity index (χ0v) is 12.5. The number of benzene rings is 2. The molecule has 0 fully saturated rings. The molecule has 0 aliphatic carbocycles. The SMILES string of the molecule is Cc1ccc(C)c(Oc2ccc(CBr)cc2C)c1. The maximum Gasteiger partial charge on any atom is 0.130 e. The molecule has 2 heteroatoms. The molecule has 0 heterocycles. The smallest absolute Gasteiger partial charge is 0.130 e. The molecule has 0 saturated carbocycles. The van der Waals surface area contributed by atoms with Crippen LogP contribution in [-0.2, 0) is 5.33 Å². The van der Waals surface area contributed by atoms with Crippen LogP contribution < -0.4 is 4.74 Å². The number of hydrogen-bond acceptors (Lipinski definition) is 1. The van der Waals surface area contributed by atoms with Crippen molar-refractivity contribution in [2.75, 3.05) is 0 Å². The highest BCUT2D eigenvalue weighted by Gasteiger charge is 2.05. The van der Waals surface area contributed by atoms with E-state index in [2.05, 4.69) is 67.0 Å². The van der Waals surface area contributed by atoms with Crippen LogP contribution in [0.3, 0.4) is 0 Å². The molecular weight excluding hydrogens is 288 g/mol. The molecule has 0 radical (unpaired) electrons. The van der Waals surface area contributed by atoms with Crippen LogP contribution >= 0.6 is 15.9 Å². The van der Waals surface area contributed by atoms with Gasteiger partial charge in [-0.15, -0.1) is 0 Å². The molecule has 1 nitrogen and oxygen atoms in total. The van der Waals surface area contributed by atoms with Gasteiger partial charge in [0.05, 0.1) is 0 Å². The fourth-order valence-electron chi connectivity index (χ4n) is 1.84. The molecule has 94 valence electrons. The van der Waals surface area contributed by atoms with Gasteiger partial charge in [-0.3, -0.25) is 0 Å². The van der Waals surface area contributed by atoms with Gasteiger partial charge in [0, 0.05) is 5.33 Å². The summed E-state index contributed by atoms with van der Waals surface area (Å²) >= 11 is 3.46. The second-order valence-electron chi connectivity index (χ2n) is 4.60. The van der Waals surface area contributed by atoms with Crippen LogP contribution in [0.15, 0.2) is 36.4 Å². The lowest BCUT2D eigenvalue weighted by Crippen LogP contribution is -1.92. The molecule has 2 aromatic carbocycles. The van der Waals surface area contributed by atoms with Gasteiger partial charge in [0.25, 0.3) is 0 Å². The van der Waals surface area contributed by atoms with Crippen LogP contribution in [-0.4, -0.2) is 0 Å². The number of hydrogen-bond donors (Lipinski definition) is 0. The number of halogens is 1. The van der Waals surface area contributed by atoms with Gasteiger partial charge in [0.15, 0.2) is 0 Å². The molecule has 0 unspecified atom stereocenters. The van der Waals surface area contributed by atoms with Gasteiger partial charge in [-0.05, 0) is 55.2 Å². The van der Waals surface area contributed by atoms with Gasteiger partial charge >= 0.3 is 0 Å². The number of alkyl halides is 1. The van der Waals surface area contributed by atoms with E-state index in [1.54, 1.807) is 0 Å². The monoisotopic (exact) mass is 304 g/mol. The van der Waals surface area contributed by atoms with E-state index in [1.165, 1.54) is 11.1 Å². The molecule has 0 aromatic heterocycles. The second-order valence-corrected chi connectivity index (χ2v) is 5.17. The first-order valence-electron chi connectivity index (χ1n) is 6.01. The Hall–Kier alpha value is -1.28. The van der Waals surface area contributed by atoms with Crippen molar-refractivity contribution >= 4 is 15.9 Å². The summed E-state index contributed by atoms with van der Waals surface area (Å²) in [5.41, 5.74) is 4.79. The van der Waals surface area contributed by atoms with E-state index in [4.69, 9.17) is 4.74 Å². The van der Waals surface area contributed by atoms with Crippen molar-refractivity contribution in [1.29, 1.82) is 0 Å². The molecule has 0 atom stereocenters. The molecule has 0 amide bonds. The van der Waals surface area contributed by atoms with E-state index in [9.17, 15) is 0 Å². The minimum Gasteiger partial charge on any atom is -0.457 e. The minimum atomic E-state index is 0.873. The van der Waals surface area contributed by atoms with Crippen molar-refractivity contribution in [3.63, 3.8) is 0 Å². The van der Waals surface area contributed by atoms with Crippen molar-refractivity contribution < 1.29 is 4.74 Å². The topological polar surface area (TPSA) is 9.23 Å². The first-order chi connectivity index (χ1) is 8.60. The van der Waals surface area contributed by atoms with E-state index in [-0.39, 0.29) is 0 Å². The molecule has 18 heavy (non-hydrogen) atoms. The Kier molecular flexibility index (Phi) is 4.07. The molecule has 0 bridgehead atoms. The van der Waals surface area contributed by atoms with E-state index in [0.29, 0.717) is 0 Å². The summed E-state index contributed by atoms with van der Waals surface area (Å²) in [4.78, 5) is 0. The molecular formula is C16H17BrO. The summed E-state index contributed by atoms with van der Waals surface area (Å²) < 4.78 is 6.00. The lowest BCUT2D eigenvalue weighted by molar-refractivity contribution is 0.474. The van der Waals surface area contributed by atoms with Crippen molar-refractivity contribution in [3.8, 4) is 11.5 Å². The molecule has 0 saturated heterocycles. The zero-order chi connectivity index (χ0) is 13.1. The summed E-state index contributed by atoms with van der Waals surface area (Å²) in [6.07, 6.45) is 0. The fraction of sp³-hybridized carbons (Fsp3) is 0.250. The maximum absolute atomic E-state index is 6.00. The Morgan fingerprint density at radius 3 is 2.33 bits per heavy atom. The summed E-state index contributed by atoms with van der Waals surface area (Å²) in [5.74, 6) is 1.86. The summed E-state index contributed by atoms with van der Waals surface area (Å²) in [6.45, 7) is 6.22. The third-order valence-electron chi connectivity index (χ3n) is 2.96. The zero-order valence-electron chi connectivity index (χ0n) is 11.0. The predicted molar refractivity (Wildman–Crippen MR) is 79.8 cm³/mol. The Bertz CT molecular complexity index is 561.